The maximum Gasteiger partial charge on any atom is 0.264 e. The van der Waals surface area contributed by atoms with E-state index in [0.717, 1.165) is 11.1 Å². The second-order valence-corrected chi connectivity index (χ2v) is 11.4. The molecule has 236 valence electrons. The van der Waals surface area contributed by atoms with Crippen LogP contribution in [0.5, 0.6) is 0 Å². The van der Waals surface area contributed by atoms with Crippen molar-refractivity contribution in [2.24, 2.45) is 5.92 Å². The lowest BCUT2D eigenvalue weighted by molar-refractivity contribution is -0.139. The number of benzene rings is 4. The van der Waals surface area contributed by atoms with E-state index < -0.39 is 17.4 Å². The van der Waals surface area contributed by atoms with Crippen LogP contribution in [-0.4, -0.2) is 46.0 Å². The third-order valence-corrected chi connectivity index (χ3v) is 8.19. The van der Waals surface area contributed by atoms with E-state index in [0.29, 0.717) is 34.7 Å². The van der Waals surface area contributed by atoms with Gasteiger partial charge in [-0.2, -0.15) is 0 Å². The first-order valence-electron chi connectivity index (χ1n) is 15.2. The molecule has 0 fully saturated rings. The summed E-state index contributed by atoms with van der Waals surface area (Å²) in [5.74, 6) is -1.58. The molecule has 0 saturated heterocycles. The molecule has 1 aliphatic heterocycles. The van der Waals surface area contributed by atoms with E-state index in [-0.39, 0.29) is 37.9 Å². The molecule has 0 saturated carbocycles. The van der Waals surface area contributed by atoms with Gasteiger partial charge >= 0.3 is 0 Å². The number of anilines is 3. The monoisotopic (exact) mass is 618 g/mol. The molecule has 0 aliphatic carbocycles. The normalized spacial score (nSPS) is 16.3. The summed E-state index contributed by atoms with van der Waals surface area (Å²) in [7, 11) is 0. The number of para-hydroxylation sites is 1. The smallest absolute Gasteiger partial charge is 0.264 e. The van der Waals surface area contributed by atoms with Gasteiger partial charge in [-0.3, -0.25) is 14.4 Å². The maximum atomic E-state index is 14.0. The first-order valence-corrected chi connectivity index (χ1v) is 15.2. The van der Waals surface area contributed by atoms with Crippen molar-refractivity contribution in [3.8, 4) is 0 Å². The maximum absolute atomic E-state index is 14.0. The second kappa shape index (κ2) is 14.2. The Morgan fingerprint density at radius 3 is 2.39 bits per heavy atom. The van der Waals surface area contributed by atoms with Crippen LogP contribution >= 0.6 is 0 Å². The highest BCUT2D eigenvalue weighted by atomic mass is 16.3. The minimum absolute atomic E-state index is 0.0572. The van der Waals surface area contributed by atoms with Crippen molar-refractivity contribution >= 4 is 34.8 Å². The zero-order valence-corrected chi connectivity index (χ0v) is 25.7. The van der Waals surface area contributed by atoms with Gasteiger partial charge in [0.15, 0.2) is 5.60 Å². The number of nitrogen functional groups attached to an aromatic ring is 1. The van der Waals surface area contributed by atoms with Crippen molar-refractivity contribution in [1.82, 2.24) is 4.90 Å². The van der Waals surface area contributed by atoms with Crippen LogP contribution in [0, 0.1) is 5.92 Å². The summed E-state index contributed by atoms with van der Waals surface area (Å²) in [4.78, 5) is 42.9. The van der Waals surface area contributed by atoms with E-state index in [4.69, 9.17) is 5.73 Å². The zero-order valence-electron chi connectivity index (χ0n) is 25.7. The van der Waals surface area contributed by atoms with Gasteiger partial charge in [0.1, 0.15) is 0 Å². The van der Waals surface area contributed by atoms with E-state index in [1.54, 1.807) is 89.5 Å². The third-order valence-electron chi connectivity index (χ3n) is 8.19. The molecular weight excluding hydrogens is 580 g/mol. The highest BCUT2D eigenvalue weighted by molar-refractivity contribution is 6.07. The Morgan fingerprint density at radius 1 is 0.957 bits per heavy atom. The van der Waals surface area contributed by atoms with Gasteiger partial charge in [0.05, 0.1) is 18.8 Å². The van der Waals surface area contributed by atoms with E-state index in [2.05, 4.69) is 5.32 Å². The lowest BCUT2D eigenvalue weighted by Crippen LogP contribution is -2.44. The largest absolute Gasteiger partial charge is 0.399 e. The molecule has 1 heterocycles. The van der Waals surface area contributed by atoms with Gasteiger partial charge in [-0.1, -0.05) is 79.7 Å². The molecule has 9 heteroatoms. The Bertz CT molecular complexity index is 1720. The van der Waals surface area contributed by atoms with Crippen LogP contribution in [0.3, 0.4) is 0 Å². The van der Waals surface area contributed by atoms with Crippen LogP contribution in [0.2, 0.25) is 0 Å². The van der Waals surface area contributed by atoms with Gasteiger partial charge in [0.25, 0.3) is 11.8 Å². The van der Waals surface area contributed by atoms with Gasteiger partial charge in [0, 0.05) is 47.9 Å². The van der Waals surface area contributed by atoms with Crippen LogP contribution < -0.4 is 16.0 Å². The molecule has 0 radical (unpaired) electrons. The van der Waals surface area contributed by atoms with E-state index in [9.17, 15) is 24.6 Å². The van der Waals surface area contributed by atoms with Gasteiger partial charge in [-0.05, 0) is 53.6 Å². The number of nitrogens with two attached hydrogens (primary N) is 1. The minimum atomic E-state index is -1.84. The number of carbonyl (C=O) groups excluding carboxylic acids is 3. The molecule has 4 aromatic carbocycles. The Hall–Kier alpha value is -5.25. The van der Waals surface area contributed by atoms with Crippen LogP contribution in [0.15, 0.2) is 115 Å². The Kier molecular flexibility index (Phi) is 9.95. The van der Waals surface area contributed by atoms with Crippen LogP contribution in [0.1, 0.15) is 40.4 Å². The van der Waals surface area contributed by atoms with Crippen molar-refractivity contribution in [2.45, 2.75) is 32.0 Å². The summed E-state index contributed by atoms with van der Waals surface area (Å²) in [5, 5.41) is 24.4. The molecule has 5 rings (SSSR count). The molecule has 0 bridgehead atoms. The highest BCUT2D eigenvalue weighted by Crippen LogP contribution is 2.45. The fourth-order valence-corrected chi connectivity index (χ4v) is 5.68. The fourth-order valence-electron chi connectivity index (χ4n) is 5.68. The predicted octanol–water partition coefficient (Wildman–Crippen LogP) is 4.86. The molecule has 4 aromatic rings. The van der Waals surface area contributed by atoms with Gasteiger partial charge < -0.3 is 31.1 Å². The molecule has 2 atom stereocenters. The molecule has 9 nitrogen and oxygen atoms in total. The third kappa shape index (κ3) is 7.01. The number of aliphatic hydroxyl groups is 2. The summed E-state index contributed by atoms with van der Waals surface area (Å²) in [6.45, 7) is 2.35. The van der Waals surface area contributed by atoms with Crippen molar-refractivity contribution in [2.75, 3.05) is 29.1 Å². The van der Waals surface area contributed by atoms with E-state index >= 15 is 0 Å². The number of fused-ring (bicyclic) bond motifs is 1. The fraction of sp³-hybridized carbons (Fsp3) is 0.216. The van der Waals surface area contributed by atoms with Crippen molar-refractivity contribution in [1.29, 1.82) is 0 Å². The summed E-state index contributed by atoms with van der Waals surface area (Å²) < 4.78 is 0. The van der Waals surface area contributed by atoms with Gasteiger partial charge in [0.2, 0.25) is 5.91 Å². The summed E-state index contributed by atoms with van der Waals surface area (Å²) >= 11 is 0. The number of carbonyl (C=O) groups is 3. The number of nitrogens with zero attached hydrogens (tertiary/aromatic N) is 2. The first kappa shape index (κ1) is 32.2. The molecule has 46 heavy (non-hydrogen) atoms. The molecule has 0 unspecified atom stereocenters. The molecule has 0 aromatic heterocycles. The minimum Gasteiger partial charge on any atom is -0.399 e. The van der Waals surface area contributed by atoms with Crippen LogP contribution in [-0.2, 0) is 28.3 Å². The number of aliphatic hydroxyl groups excluding tert-OH is 1. The van der Waals surface area contributed by atoms with E-state index in [1.807, 2.05) is 42.5 Å². The number of rotatable bonds is 12. The van der Waals surface area contributed by atoms with Gasteiger partial charge in [-0.25, -0.2) is 0 Å². The lowest BCUT2D eigenvalue weighted by atomic mass is 9.83. The number of amides is 3. The molecule has 0 spiro atoms. The first-order chi connectivity index (χ1) is 22.2. The average Bonchev–Trinajstić information content (AvgIpc) is 3.28. The quantitative estimate of drug-likeness (QED) is 0.132. The summed E-state index contributed by atoms with van der Waals surface area (Å²) in [6.07, 6.45) is 3.43. The highest BCUT2D eigenvalue weighted by Gasteiger charge is 2.52. The molecule has 1 aliphatic rings. The Labute approximate surface area is 268 Å². The van der Waals surface area contributed by atoms with E-state index in [1.165, 1.54) is 0 Å². The summed E-state index contributed by atoms with van der Waals surface area (Å²) in [5.41, 5.74) is 8.30. The number of hydrogen-bond donors (Lipinski definition) is 4. The lowest BCUT2D eigenvalue weighted by Gasteiger charge is -2.28. The Balaban J connectivity index is 1.29. The van der Waals surface area contributed by atoms with Crippen LogP contribution in [0.25, 0.3) is 0 Å². The number of hydrogen-bond acceptors (Lipinski definition) is 6. The zero-order chi connectivity index (χ0) is 32.7. The number of nitrogens with one attached hydrogen (secondary N) is 1. The van der Waals surface area contributed by atoms with Crippen molar-refractivity contribution in [3.05, 3.63) is 138 Å². The molecule has 5 N–H and O–H groups in total. The topological polar surface area (TPSA) is 136 Å². The standard InChI is InChI=1S/C37H38N4O5/c1-26(9-7-16-34(43)40(21-22-42)24-27-10-3-2-4-11-27)37(46)32-14-5-6-15-33(32)41(36(37)45)25-28-12-8-13-31(23-28)39-35(44)29-17-19-30(38)20-18-29/h2-15,17-20,23,26,42,46H,16,21-22,24-25,38H2,1H3,(H,39,44)/b9-7+/t26-,37+/m1/s1. The summed E-state index contributed by atoms with van der Waals surface area (Å²) in [6, 6.07) is 30.5. The molecular formula is C37H38N4O5. The SMILES string of the molecule is C[C@H](/C=C/CC(=O)N(CCO)Cc1ccccc1)[C@@]1(O)C(=O)N(Cc2cccc(NC(=O)c3ccc(N)cc3)c2)c2ccccc21. The predicted molar refractivity (Wildman–Crippen MR) is 179 cm³/mol. The van der Waals surface area contributed by atoms with Crippen LogP contribution in [0.4, 0.5) is 17.1 Å². The van der Waals surface area contributed by atoms with Crippen molar-refractivity contribution in [3.63, 3.8) is 0 Å². The average molecular weight is 619 g/mol. The second-order valence-electron chi connectivity index (χ2n) is 11.4. The Morgan fingerprint density at radius 2 is 1.65 bits per heavy atom. The van der Waals surface area contributed by atoms with Gasteiger partial charge in [-0.15, -0.1) is 0 Å². The van der Waals surface area contributed by atoms with Crippen molar-refractivity contribution < 1.29 is 24.6 Å². The molecule has 3 amide bonds.